The Bertz CT molecular complexity index is 217. The molecule has 0 saturated heterocycles. The standard InChI is InChI=1S/C9H15NO/c1-3-4-9(10)8-6-11-5-7(8)2/h5-6,9H,3-4,10H2,1-2H3. The van der Waals surface area contributed by atoms with Crippen LogP contribution in [0.5, 0.6) is 0 Å². The first-order chi connectivity index (χ1) is 5.25. The van der Waals surface area contributed by atoms with Gasteiger partial charge in [-0.1, -0.05) is 13.3 Å². The quantitative estimate of drug-likeness (QED) is 0.724. The Morgan fingerprint density at radius 1 is 1.55 bits per heavy atom. The first-order valence-corrected chi connectivity index (χ1v) is 4.04. The number of nitrogens with two attached hydrogens (primary N) is 1. The third-order valence-electron chi connectivity index (χ3n) is 1.89. The molecule has 62 valence electrons. The van der Waals surface area contributed by atoms with Gasteiger partial charge in [-0.25, -0.2) is 0 Å². The van der Waals surface area contributed by atoms with Gasteiger partial charge in [-0.05, 0) is 18.9 Å². The zero-order valence-corrected chi connectivity index (χ0v) is 7.13. The van der Waals surface area contributed by atoms with Crippen molar-refractivity contribution in [1.82, 2.24) is 0 Å². The van der Waals surface area contributed by atoms with Crippen LogP contribution in [0.15, 0.2) is 16.9 Å². The van der Waals surface area contributed by atoms with Gasteiger partial charge in [0.05, 0.1) is 12.5 Å². The molecule has 0 radical (unpaired) electrons. The predicted molar refractivity (Wildman–Crippen MR) is 45.3 cm³/mol. The van der Waals surface area contributed by atoms with E-state index in [4.69, 9.17) is 10.2 Å². The highest BCUT2D eigenvalue weighted by atomic mass is 16.3. The van der Waals surface area contributed by atoms with E-state index in [2.05, 4.69) is 6.92 Å². The van der Waals surface area contributed by atoms with Crippen molar-refractivity contribution in [3.63, 3.8) is 0 Å². The van der Waals surface area contributed by atoms with E-state index < -0.39 is 0 Å². The highest BCUT2D eigenvalue weighted by Crippen LogP contribution is 2.19. The molecule has 0 spiro atoms. The molecule has 1 unspecified atom stereocenters. The van der Waals surface area contributed by atoms with E-state index in [0.717, 1.165) is 24.0 Å². The molecule has 1 rings (SSSR count). The monoisotopic (exact) mass is 153 g/mol. The fourth-order valence-electron chi connectivity index (χ4n) is 1.22. The van der Waals surface area contributed by atoms with Crippen molar-refractivity contribution in [2.45, 2.75) is 32.7 Å². The Balaban J connectivity index is 2.67. The summed E-state index contributed by atoms with van der Waals surface area (Å²) in [6.45, 7) is 4.16. The highest BCUT2D eigenvalue weighted by Gasteiger charge is 2.08. The van der Waals surface area contributed by atoms with Gasteiger partial charge in [0, 0.05) is 11.6 Å². The molecule has 0 aromatic carbocycles. The molecule has 2 N–H and O–H groups in total. The van der Waals surface area contributed by atoms with Crippen molar-refractivity contribution < 1.29 is 4.42 Å². The summed E-state index contributed by atoms with van der Waals surface area (Å²) in [4.78, 5) is 0. The fourth-order valence-corrected chi connectivity index (χ4v) is 1.22. The lowest BCUT2D eigenvalue weighted by Crippen LogP contribution is -2.09. The SMILES string of the molecule is CCCC(N)c1cocc1C. The molecule has 0 saturated carbocycles. The Kier molecular flexibility index (Phi) is 2.71. The van der Waals surface area contributed by atoms with Crippen molar-refractivity contribution in [3.05, 3.63) is 23.7 Å². The zero-order chi connectivity index (χ0) is 8.27. The van der Waals surface area contributed by atoms with Gasteiger partial charge in [-0.3, -0.25) is 0 Å². The van der Waals surface area contributed by atoms with Gasteiger partial charge >= 0.3 is 0 Å². The van der Waals surface area contributed by atoms with Gasteiger partial charge in [0.2, 0.25) is 0 Å². The smallest absolute Gasteiger partial charge is 0.0953 e. The van der Waals surface area contributed by atoms with E-state index in [1.165, 1.54) is 0 Å². The molecule has 1 heterocycles. The molecule has 11 heavy (non-hydrogen) atoms. The Labute approximate surface area is 67.4 Å². The third kappa shape index (κ3) is 1.84. The molecule has 0 amide bonds. The van der Waals surface area contributed by atoms with Gasteiger partial charge in [-0.15, -0.1) is 0 Å². The molecule has 1 aromatic heterocycles. The number of rotatable bonds is 3. The number of furan rings is 1. The minimum Gasteiger partial charge on any atom is -0.472 e. The van der Waals surface area contributed by atoms with Crippen LogP contribution in [0.3, 0.4) is 0 Å². The summed E-state index contributed by atoms with van der Waals surface area (Å²) in [7, 11) is 0. The van der Waals surface area contributed by atoms with Crippen LogP contribution in [0.1, 0.15) is 36.9 Å². The molecule has 0 aliphatic heterocycles. The Morgan fingerprint density at radius 2 is 2.27 bits per heavy atom. The van der Waals surface area contributed by atoms with E-state index in [1.807, 2.05) is 6.92 Å². The average Bonchev–Trinajstić information content (AvgIpc) is 2.36. The summed E-state index contributed by atoms with van der Waals surface area (Å²) in [6.07, 6.45) is 5.63. The van der Waals surface area contributed by atoms with Crippen LogP contribution in [0, 0.1) is 6.92 Å². The van der Waals surface area contributed by atoms with E-state index >= 15 is 0 Å². The predicted octanol–water partition coefficient (Wildman–Crippen LogP) is 2.39. The zero-order valence-electron chi connectivity index (χ0n) is 7.13. The fraction of sp³-hybridized carbons (Fsp3) is 0.556. The van der Waals surface area contributed by atoms with Crippen molar-refractivity contribution in [3.8, 4) is 0 Å². The topological polar surface area (TPSA) is 39.2 Å². The average molecular weight is 153 g/mol. The summed E-state index contributed by atoms with van der Waals surface area (Å²) >= 11 is 0. The van der Waals surface area contributed by atoms with Crippen molar-refractivity contribution in [2.24, 2.45) is 5.73 Å². The molecule has 2 nitrogen and oxygen atoms in total. The summed E-state index contributed by atoms with van der Waals surface area (Å²) < 4.78 is 5.03. The first kappa shape index (κ1) is 8.34. The van der Waals surface area contributed by atoms with Gasteiger partial charge in [-0.2, -0.15) is 0 Å². The Morgan fingerprint density at radius 3 is 2.73 bits per heavy atom. The maximum absolute atomic E-state index is 5.89. The second-order valence-corrected chi connectivity index (χ2v) is 2.91. The first-order valence-electron chi connectivity index (χ1n) is 4.04. The van der Waals surface area contributed by atoms with Gasteiger partial charge < -0.3 is 10.2 Å². The van der Waals surface area contributed by atoms with E-state index in [1.54, 1.807) is 12.5 Å². The lowest BCUT2D eigenvalue weighted by molar-refractivity contribution is 0.552. The maximum Gasteiger partial charge on any atom is 0.0953 e. The number of hydrogen-bond acceptors (Lipinski definition) is 2. The lowest BCUT2D eigenvalue weighted by Gasteiger charge is -2.07. The summed E-state index contributed by atoms with van der Waals surface area (Å²) in [5, 5.41) is 0. The Hall–Kier alpha value is -0.760. The summed E-state index contributed by atoms with van der Waals surface area (Å²) in [5.41, 5.74) is 8.19. The van der Waals surface area contributed by atoms with Crippen molar-refractivity contribution in [1.29, 1.82) is 0 Å². The molecule has 2 heteroatoms. The van der Waals surface area contributed by atoms with Crippen LogP contribution in [-0.2, 0) is 0 Å². The van der Waals surface area contributed by atoms with Gasteiger partial charge in [0.1, 0.15) is 0 Å². The minimum atomic E-state index is 0.152. The molecule has 0 aliphatic carbocycles. The molecule has 0 bridgehead atoms. The van der Waals surface area contributed by atoms with Gasteiger partial charge in [0.15, 0.2) is 0 Å². The maximum atomic E-state index is 5.89. The number of aryl methyl sites for hydroxylation is 1. The second kappa shape index (κ2) is 3.58. The third-order valence-corrected chi connectivity index (χ3v) is 1.89. The van der Waals surface area contributed by atoms with Crippen LogP contribution < -0.4 is 5.73 Å². The molecule has 1 atom stereocenters. The van der Waals surface area contributed by atoms with Crippen LogP contribution in [0.25, 0.3) is 0 Å². The van der Waals surface area contributed by atoms with Gasteiger partial charge in [0.25, 0.3) is 0 Å². The van der Waals surface area contributed by atoms with Crippen LogP contribution >= 0.6 is 0 Å². The minimum absolute atomic E-state index is 0.152. The summed E-state index contributed by atoms with van der Waals surface area (Å²) in [5.74, 6) is 0. The molecule has 0 fully saturated rings. The van der Waals surface area contributed by atoms with Crippen LogP contribution in [0.2, 0.25) is 0 Å². The molecule has 0 aliphatic rings. The highest BCUT2D eigenvalue weighted by molar-refractivity contribution is 5.22. The molecule has 1 aromatic rings. The van der Waals surface area contributed by atoms with Crippen LogP contribution in [0.4, 0.5) is 0 Å². The van der Waals surface area contributed by atoms with E-state index in [9.17, 15) is 0 Å². The lowest BCUT2D eigenvalue weighted by atomic mass is 10.0. The van der Waals surface area contributed by atoms with E-state index in [0.29, 0.717) is 0 Å². The van der Waals surface area contributed by atoms with Crippen molar-refractivity contribution >= 4 is 0 Å². The molecular formula is C9H15NO. The normalized spacial score (nSPS) is 13.4. The van der Waals surface area contributed by atoms with Crippen molar-refractivity contribution in [2.75, 3.05) is 0 Å². The second-order valence-electron chi connectivity index (χ2n) is 2.91. The number of hydrogen-bond donors (Lipinski definition) is 1. The van der Waals surface area contributed by atoms with Crippen LogP contribution in [-0.4, -0.2) is 0 Å². The van der Waals surface area contributed by atoms with E-state index in [-0.39, 0.29) is 6.04 Å². The largest absolute Gasteiger partial charge is 0.472 e. The molecular weight excluding hydrogens is 138 g/mol. The summed E-state index contributed by atoms with van der Waals surface area (Å²) in [6, 6.07) is 0.152.